The first-order chi connectivity index (χ1) is 7.22. The number of amides is 1. The van der Waals surface area contributed by atoms with Crippen LogP contribution in [0.3, 0.4) is 0 Å². The Morgan fingerprint density at radius 2 is 2.33 bits per heavy atom. The molecule has 0 saturated carbocycles. The number of carbonyl (C=O) groups is 1. The van der Waals surface area contributed by atoms with E-state index in [1.54, 1.807) is 13.2 Å². The van der Waals surface area contributed by atoms with E-state index >= 15 is 0 Å². The van der Waals surface area contributed by atoms with Crippen LogP contribution in [-0.4, -0.2) is 29.5 Å². The highest BCUT2D eigenvalue weighted by molar-refractivity contribution is 5.75. The second kappa shape index (κ2) is 6.08. The van der Waals surface area contributed by atoms with Gasteiger partial charge in [0, 0.05) is 32.8 Å². The Labute approximate surface area is 89.3 Å². The second-order valence-electron chi connectivity index (χ2n) is 3.20. The molecule has 0 unspecified atom stereocenters. The zero-order valence-electron chi connectivity index (χ0n) is 9.08. The van der Waals surface area contributed by atoms with Crippen LogP contribution in [0.2, 0.25) is 0 Å². The minimum Gasteiger partial charge on any atom is -0.359 e. The third-order valence-corrected chi connectivity index (χ3v) is 1.95. The fourth-order valence-electron chi connectivity index (χ4n) is 1.15. The topological polar surface area (TPSA) is 66.9 Å². The van der Waals surface area contributed by atoms with Crippen LogP contribution < -0.4 is 10.6 Å². The number of nitrogens with one attached hydrogen (secondary N) is 2. The molecule has 0 spiro atoms. The summed E-state index contributed by atoms with van der Waals surface area (Å²) in [5.41, 5.74) is 0.944. The first-order valence-corrected chi connectivity index (χ1v) is 4.92. The molecule has 15 heavy (non-hydrogen) atoms. The molecule has 0 aromatic carbocycles. The molecule has 0 aliphatic carbocycles. The van der Waals surface area contributed by atoms with Crippen molar-refractivity contribution >= 4 is 5.91 Å². The van der Waals surface area contributed by atoms with E-state index in [9.17, 15) is 4.79 Å². The molecule has 5 nitrogen and oxygen atoms in total. The molecule has 0 atom stereocenters. The number of hydrogen-bond acceptors (Lipinski definition) is 4. The minimum atomic E-state index is 0.0429. The van der Waals surface area contributed by atoms with E-state index in [2.05, 4.69) is 20.6 Å². The van der Waals surface area contributed by atoms with Crippen LogP contribution in [0.5, 0.6) is 0 Å². The summed E-state index contributed by atoms with van der Waals surface area (Å²) >= 11 is 0. The van der Waals surface area contributed by atoms with Crippen molar-refractivity contribution < 1.29 is 4.79 Å². The average Bonchev–Trinajstić information content (AvgIpc) is 2.24. The number of hydrogen-bond donors (Lipinski definition) is 2. The molecular formula is C10H16N4O. The summed E-state index contributed by atoms with van der Waals surface area (Å²) in [7, 11) is 1.64. The molecule has 0 radical (unpaired) electrons. The number of rotatable bonds is 5. The second-order valence-corrected chi connectivity index (χ2v) is 3.20. The number of nitrogens with zero attached hydrogens (tertiary/aromatic N) is 2. The first-order valence-electron chi connectivity index (χ1n) is 4.92. The molecule has 0 aliphatic heterocycles. The normalized spacial score (nSPS) is 10.0. The van der Waals surface area contributed by atoms with Gasteiger partial charge in [0.2, 0.25) is 5.91 Å². The predicted molar refractivity (Wildman–Crippen MR) is 57.2 cm³/mol. The maximum Gasteiger partial charge on any atom is 0.221 e. The molecular weight excluding hydrogens is 192 g/mol. The Morgan fingerprint density at radius 3 is 3.00 bits per heavy atom. The zero-order chi connectivity index (χ0) is 11.1. The lowest BCUT2D eigenvalue weighted by atomic mass is 10.3. The molecule has 1 heterocycles. The van der Waals surface area contributed by atoms with Gasteiger partial charge in [-0.1, -0.05) is 0 Å². The van der Waals surface area contributed by atoms with Gasteiger partial charge in [-0.25, -0.2) is 9.97 Å². The van der Waals surface area contributed by atoms with Gasteiger partial charge in [0.25, 0.3) is 0 Å². The van der Waals surface area contributed by atoms with Crippen molar-refractivity contribution in [2.75, 3.05) is 13.6 Å². The van der Waals surface area contributed by atoms with Gasteiger partial charge in [0.1, 0.15) is 5.82 Å². The summed E-state index contributed by atoms with van der Waals surface area (Å²) < 4.78 is 0. The highest BCUT2D eigenvalue weighted by atomic mass is 16.1. The van der Waals surface area contributed by atoms with Gasteiger partial charge in [-0.15, -0.1) is 0 Å². The van der Waals surface area contributed by atoms with E-state index in [1.807, 2.05) is 13.0 Å². The van der Waals surface area contributed by atoms with Gasteiger partial charge in [-0.05, 0) is 13.0 Å². The summed E-state index contributed by atoms with van der Waals surface area (Å²) in [6.45, 7) is 3.18. The SMILES string of the molecule is CNC(=O)CCNCc1ccnc(C)n1. The predicted octanol–water partition coefficient (Wildman–Crippen LogP) is 0.0107. The summed E-state index contributed by atoms with van der Waals surface area (Å²) in [4.78, 5) is 19.1. The summed E-state index contributed by atoms with van der Waals surface area (Å²) in [5.74, 6) is 0.807. The monoisotopic (exact) mass is 208 g/mol. The van der Waals surface area contributed by atoms with Gasteiger partial charge in [0.05, 0.1) is 5.69 Å². The van der Waals surface area contributed by atoms with Crippen LogP contribution >= 0.6 is 0 Å². The van der Waals surface area contributed by atoms with Crippen molar-refractivity contribution in [1.82, 2.24) is 20.6 Å². The van der Waals surface area contributed by atoms with Crippen molar-refractivity contribution in [2.24, 2.45) is 0 Å². The Hall–Kier alpha value is -1.49. The number of aromatic nitrogens is 2. The number of carbonyl (C=O) groups excluding carboxylic acids is 1. The van der Waals surface area contributed by atoms with E-state index in [0.717, 1.165) is 11.5 Å². The van der Waals surface area contributed by atoms with Crippen molar-refractivity contribution in [1.29, 1.82) is 0 Å². The van der Waals surface area contributed by atoms with E-state index in [4.69, 9.17) is 0 Å². The van der Waals surface area contributed by atoms with Crippen LogP contribution in [0, 0.1) is 6.92 Å². The lowest BCUT2D eigenvalue weighted by Crippen LogP contribution is -2.24. The minimum absolute atomic E-state index is 0.0429. The third-order valence-electron chi connectivity index (χ3n) is 1.95. The molecule has 82 valence electrons. The Morgan fingerprint density at radius 1 is 1.53 bits per heavy atom. The molecule has 5 heteroatoms. The van der Waals surface area contributed by atoms with Crippen LogP contribution in [-0.2, 0) is 11.3 Å². The van der Waals surface area contributed by atoms with Gasteiger partial charge >= 0.3 is 0 Å². The van der Waals surface area contributed by atoms with Gasteiger partial charge in [-0.2, -0.15) is 0 Å². The molecule has 2 N–H and O–H groups in total. The van der Waals surface area contributed by atoms with Crippen molar-refractivity contribution in [3.8, 4) is 0 Å². The smallest absolute Gasteiger partial charge is 0.221 e. The van der Waals surface area contributed by atoms with Crippen LogP contribution in [0.1, 0.15) is 17.9 Å². The highest BCUT2D eigenvalue weighted by Crippen LogP contribution is 1.93. The molecule has 0 fully saturated rings. The van der Waals surface area contributed by atoms with Crippen LogP contribution in [0.25, 0.3) is 0 Å². The molecule has 1 aromatic rings. The molecule has 0 bridgehead atoms. The lowest BCUT2D eigenvalue weighted by molar-refractivity contribution is -0.120. The quantitative estimate of drug-likeness (QED) is 0.669. The van der Waals surface area contributed by atoms with Crippen molar-refractivity contribution in [3.05, 3.63) is 23.8 Å². The Balaban J connectivity index is 2.23. The van der Waals surface area contributed by atoms with E-state index < -0.39 is 0 Å². The Kier molecular flexibility index (Phi) is 4.70. The number of aryl methyl sites for hydroxylation is 1. The van der Waals surface area contributed by atoms with Gasteiger partial charge < -0.3 is 10.6 Å². The van der Waals surface area contributed by atoms with E-state index in [-0.39, 0.29) is 5.91 Å². The fourth-order valence-corrected chi connectivity index (χ4v) is 1.15. The zero-order valence-corrected chi connectivity index (χ0v) is 9.08. The van der Waals surface area contributed by atoms with Gasteiger partial charge in [0.15, 0.2) is 0 Å². The summed E-state index contributed by atoms with van der Waals surface area (Å²) in [6, 6.07) is 1.86. The van der Waals surface area contributed by atoms with Gasteiger partial charge in [-0.3, -0.25) is 4.79 Å². The summed E-state index contributed by atoms with van der Waals surface area (Å²) in [5, 5.41) is 5.71. The van der Waals surface area contributed by atoms with Crippen LogP contribution in [0.4, 0.5) is 0 Å². The van der Waals surface area contributed by atoms with E-state index in [0.29, 0.717) is 19.5 Å². The largest absolute Gasteiger partial charge is 0.359 e. The van der Waals surface area contributed by atoms with Crippen LogP contribution in [0.15, 0.2) is 12.3 Å². The summed E-state index contributed by atoms with van der Waals surface area (Å²) in [6.07, 6.45) is 2.22. The van der Waals surface area contributed by atoms with Crippen molar-refractivity contribution in [3.63, 3.8) is 0 Å². The fraction of sp³-hybridized carbons (Fsp3) is 0.500. The highest BCUT2D eigenvalue weighted by Gasteiger charge is 1.98. The maximum atomic E-state index is 10.9. The third kappa shape index (κ3) is 4.51. The molecule has 1 aromatic heterocycles. The standard InChI is InChI=1S/C10H16N4O/c1-8-13-6-3-9(14-8)7-12-5-4-10(15)11-2/h3,6,12H,4-5,7H2,1-2H3,(H,11,15). The molecule has 0 saturated heterocycles. The average molecular weight is 208 g/mol. The molecule has 1 amide bonds. The lowest BCUT2D eigenvalue weighted by Gasteiger charge is -2.03. The molecule has 0 aliphatic rings. The Bertz CT molecular complexity index is 327. The maximum absolute atomic E-state index is 10.9. The molecule has 1 rings (SSSR count). The van der Waals surface area contributed by atoms with E-state index in [1.165, 1.54) is 0 Å². The van der Waals surface area contributed by atoms with Crippen molar-refractivity contribution in [2.45, 2.75) is 19.9 Å². The first kappa shape index (κ1) is 11.6.